The summed E-state index contributed by atoms with van der Waals surface area (Å²) in [5.41, 5.74) is 0.984. The molecule has 0 aliphatic carbocycles. The highest BCUT2D eigenvalue weighted by Gasteiger charge is 2.07. The molecule has 0 spiro atoms. The zero-order chi connectivity index (χ0) is 13.2. The number of hydrogen-bond acceptors (Lipinski definition) is 2. The molecule has 2 nitrogen and oxygen atoms in total. The Morgan fingerprint density at radius 2 is 2.11 bits per heavy atom. The van der Waals surface area contributed by atoms with E-state index in [1.165, 1.54) is 6.08 Å². The van der Waals surface area contributed by atoms with Crippen molar-refractivity contribution in [2.45, 2.75) is 32.3 Å². The Hall–Kier alpha value is -1.83. The third-order valence-corrected chi connectivity index (χ3v) is 2.58. The minimum Gasteiger partial charge on any atom is -0.455 e. The largest absolute Gasteiger partial charge is 0.455 e. The van der Waals surface area contributed by atoms with E-state index >= 15 is 0 Å². The van der Waals surface area contributed by atoms with Crippen LogP contribution in [0.4, 0.5) is 0 Å². The molecule has 2 heteroatoms. The minimum absolute atomic E-state index is 0.183. The van der Waals surface area contributed by atoms with Crippen molar-refractivity contribution in [3.63, 3.8) is 0 Å². The van der Waals surface area contributed by atoms with Gasteiger partial charge in [-0.05, 0) is 24.5 Å². The smallest absolute Gasteiger partial charge is 0.331 e. The summed E-state index contributed by atoms with van der Waals surface area (Å²) in [4.78, 5) is 11.6. The fraction of sp³-hybridized carbons (Fsp3) is 0.312. The first-order valence-electron chi connectivity index (χ1n) is 6.32. The number of carbonyl (C=O) groups is 1. The van der Waals surface area contributed by atoms with Gasteiger partial charge >= 0.3 is 5.97 Å². The molecule has 0 aliphatic heterocycles. The van der Waals surface area contributed by atoms with Gasteiger partial charge in [0.25, 0.3) is 0 Å². The van der Waals surface area contributed by atoms with Crippen molar-refractivity contribution in [1.29, 1.82) is 0 Å². The molecule has 0 bridgehead atoms. The second-order valence-electron chi connectivity index (χ2n) is 4.10. The molecule has 0 N–H and O–H groups in total. The lowest BCUT2D eigenvalue weighted by molar-refractivity contribution is -0.141. The van der Waals surface area contributed by atoms with E-state index in [9.17, 15) is 4.79 Å². The first-order chi connectivity index (χ1) is 8.76. The molecular weight excluding hydrogens is 224 g/mol. The van der Waals surface area contributed by atoms with Gasteiger partial charge in [0.1, 0.15) is 6.10 Å². The lowest BCUT2D eigenvalue weighted by Gasteiger charge is -2.11. The normalized spacial score (nSPS) is 12.3. The molecule has 1 atom stereocenters. The van der Waals surface area contributed by atoms with Crippen LogP contribution < -0.4 is 0 Å². The van der Waals surface area contributed by atoms with Gasteiger partial charge < -0.3 is 4.74 Å². The molecule has 0 aromatic heterocycles. The summed E-state index contributed by atoms with van der Waals surface area (Å²) in [5.74, 6) is -0.320. The molecule has 0 fully saturated rings. The van der Waals surface area contributed by atoms with Gasteiger partial charge in [-0.25, -0.2) is 4.79 Å². The Morgan fingerprint density at radius 3 is 2.72 bits per heavy atom. The molecule has 0 heterocycles. The highest BCUT2D eigenvalue weighted by molar-refractivity contribution is 5.87. The fourth-order valence-corrected chi connectivity index (χ4v) is 1.55. The number of unbranched alkanes of at least 4 members (excludes halogenated alkanes) is 1. The van der Waals surface area contributed by atoms with Gasteiger partial charge in [-0.3, -0.25) is 0 Å². The summed E-state index contributed by atoms with van der Waals surface area (Å²) in [6, 6.07) is 9.67. The highest BCUT2D eigenvalue weighted by Crippen LogP contribution is 2.07. The van der Waals surface area contributed by atoms with Crippen molar-refractivity contribution in [2.75, 3.05) is 0 Å². The summed E-state index contributed by atoms with van der Waals surface area (Å²) >= 11 is 0. The number of carbonyl (C=O) groups excluding carboxylic acids is 1. The van der Waals surface area contributed by atoms with Crippen LogP contribution in [0.5, 0.6) is 0 Å². The Balaban J connectivity index is 2.45. The Kier molecular flexibility index (Phi) is 6.55. The van der Waals surface area contributed by atoms with E-state index in [2.05, 4.69) is 13.5 Å². The van der Waals surface area contributed by atoms with Gasteiger partial charge in [0, 0.05) is 6.08 Å². The van der Waals surface area contributed by atoms with E-state index in [0.29, 0.717) is 0 Å². The Bertz CT molecular complexity index is 393. The number of benzene rings is 1. The zero-order valence-electron chi connectivity index (χ0n) is 10.8. The molecule has 1 rings (SSSR count). The predicted octanol–water partition coefficient (Wildman–Crippen LogP) is 3.99. The molecule has 0 amide bonds. The van der Waals surface area contributed by atoms with Gasteiger partial charge in [0.2, 0.25) is 0 Å². The first-order valence-corrected chi connectivity index (χ1v) is 6.32. The molecule has 96 valence electrons. The molecule has 1 aromatic rings. The van der Waals surface area contributed by atoms with Crippen molar-refractivity contribution < 1.29 is 9.53 Å². The van der Waals surface area contributed by atoms with Crippen molar-refractivity contribution in [3.8, 4) is 0 Å². The number of esters is 1. The summed E-state index contributed by atoms with van der Waals surface area (Å²) < 4.78 is 5.28. The van der Waals surface area contributed by atoms with E-state index in [4.69, 9.17) is 4.74 Å². The second-order valence-corrected chi connectivity index (χ2v) is 4.10. The lowest BCUT2D eigenvalue weighted by atomic mass is 10.1. The molecule has 0 unspecified atom stereocenters. The standard InChI is InChI=1S/C16H20O2/c1-3-5-11-15(4-2)18-16(17)13-12-14-9-7-6-8-10-14/h4,6-10,12-13,15H,2-3,5,11H2,1H3/b13-12+/t15-/m1/s1. The predicted molar refractivity (Wildman–Crippen MR) is 75.1 cm³/mol. The lowest BCUT2D eigenvalue weighted by Crippen LogP contribution is -2.13. The van der Waals surface area contributed by atoms with Crippen molar-refractivity contribution >= 4 is 12.0 Å². The topological polar surface area (TPSA) is 26.3 Å². The fourth-order valence-electron chi connectivity index (χ4n) is 1.55. The molecule has 18 heavy (non-hydrogen) atoms. The van der Waals surface area contributed by atoms with Gasteiger partial charge in [0.05, 0.1) is 0 Å². The Morgan fingerprint density at radius 1 is 1.39 bits per heavy atom. The molecule has 0 saturated carbocycles. The summed E-state index contributed by atoms with van der Waals surface area (Å²) in [6.45, 7) is 5.79. The van der Waals surface area contributed by atoms with E-state index in [1.54, 1.807) is 12.2 Å². The van der Waals surface area contributed by atoms with Gasteiger partial charge in [0.15, 0.2) is 0 Å². The van der Waals surface area contributed by atoms with E-state index in [1.807, 2.05) is 30.3 Å². The van der Waals surface area contributed by atoms with Crippen LogP contribution in [0, 0.1) is 0 Å². The van der Waals surface area contributed by atoms with Crippen molar-refractivity contribution in [1.82, 2.24) is 0 Å². The van der Waals surface area contributed by atoms with Crippen LogP contribution in [-0.4, -0.2) is 12.1 Å². The van der Waals surface area contributed by atoms with E-state index < -0.39 is 0 Å². The maximum absolute atomic E-state index is 11.6. The molecular formula is C16H20O2. The van der Waals surface area contributed by atoms with Crippen LogP contribution in [0.2, 0.25) is 0 Å². The summed E-state index contributed by atoms with van der Waals surface area (Å²) in [7, 11) is 0. The van der Waals surface area contributed by atoms with Gasteiger partial charge in [-0.2, -0.15) is 0 Å². The summed E-state index contributed by atoms with van der Waals surface area (Å²) in [5, 5.41) is 0. The quantitative estimate of drug-likeness (QED) is 0.412. The molecule has 0 aliphatic rings. The molecule has 0 radical (unpaired) electrons. The molecule has 1 aromatic carbocycles. The average Bonchev–Trinajstić information content (AvgIpc) is 2.42. The zero-order valence-corrected chi connectivity index (χ0v) is 10.8. The van der Waals surface area contributed by atoms with E-state index in [0.717, 1.165) is 24.8 Å². The second kappa shape index (κ2) is 8.29. The average molecular weight is 244 g/mol. The van der Waals surface area contributed by atoms with E-state index in [-0.39, 0.29) is 12.1 Å². The number of ether oxygens (including phenoxy) is 1. The first kappa shape index (κ1) is 14.2. The van der Waals surface area contributed by atoms with Crippen molar-refractivity contribution in [2.24, 2.45) is 0 Å². The van der Waals surface area contributed by atoms with Crippen LogP contribution in [0.25, 0.3) is 6.08 Å². The van der Waals surface area contributed by atoms with Crippen LogP contribution in [0.1, 0.15) is 31.7 Å². The summed E-state index contributed by atoms with van der Waals surface area (Å²) in [6.07, 6.45) is 7.67. The van der Waals surface area contributed by atoms with Crippen molar-refractivity contribution in [3.05, 3.63) is 54.6 Å². The SMILES string of the molecule is C=C[C@H](CCCC)OC(=O)/C=C/c1ccccc1. The third kappa shape index (κ3) is 5.48. The monoisotopic (exact) mass is 244 g/mol. The maximum atomic E-state index is 11.6. The number of rotatable bonds is 7. The van der Waals surface area contributed by atoms with Gasteiger partial charge in [-0.15, -0.1) is 0 Å². The minimum atomic E-state index is -0.320. The molecule has 0 saturated heterocycles. The Labute approximate surface area is 109 Å². The van der Waals surface area contributed by atoms with Gasteiger partial charge in [-0.1, -0.05) is 56.3 Å². The third-order valence-electron chi connectivity index (χ3n) is 2.58. The van der Waals surface area contributed by atoms with Crippen LogP contribution >= 0.6 is 0 Å². The number of hydrogen-bond donors (Lipinski definition) is 0. The van der Waals surface area contributed by atoms with Crippen LogP contribution in [0.3, 0.4) is 0 Å². The van der Waals surface area contributed by atoms with Crippen LogP contribution in [-0.2, 0) is 9.53 Å². The maximum Gasteiger partial charge on any atom is 0.331 e. The highest BCUT2D eigenvalue weighted by atomic mass is 16.5. The van der Waals surface area contributed by atoms with Crippen LogP contribution in [0.15, 0.2) is 49.1 Å².